The first-order valence-corrected chi connectivity index (χ1v) is 8.29. The van der Waals surface area contributed by atoms with Crippen molar-refractivity contribution in [2.75, 3.05) is 32.8 Å². The van der Waals surface area contributed by atoms with Crippen LogP contribution in [0.3, 0.4) is 0 Å². The average molecular weight is 306 g/mol. The van der Waals surface area contributed by atoms with Crippen molar-refractivity contribution in [3.8, 4) is 0 Å². The Bertz CT molecular complexity index is 488. The molecular formula is C16H26N4O2. The van der Waals surface area contributed by atoms with Crippen LogP contribution in [0.2, 0.25) is 0 Å². The van der Waals surface area contributed by atoms with Gasteiger partial charge in [-0.05, 0) is 31.6 Å². The second kappa shape index (κ2) is 7.24. The maximum Gasteiger partial charge on any atom is 0.269 e. The highest BCUT2D eigenvalue weighted by molar-refractivity contribution is 5.92. The first-order chi connectivity index (χ1) is 10.7. The number of ether oxygens (including phenoxy) is 1. The molecule has 2 fully saturated rings. The Kier molecular flexibility index (Phi) is 5.10. The molecule has 0 aliphatic carbocycles. The summed E-state index contributed by atoms with van der Waals surface area (Å²) in [6, 6.07) is 0.279. The summed E-state index contributed by atoms with van der Waals surface area (Å²) in [4.78, 5) is 18.7. The number of rotatable bonds is 4. The lowest BCUT2D eigenvalue weighted by atomic mass is 9.99. The highest BCUT2D eigenvalue weighted by Crippen LogP contribution is 2.18. The molecule has 3 rings (SSSR count). The number of imidazole rings is 1. The van der Waals surface area contributed by atoms with E-state index >= 15 is 0 Å². The molecule has 0 radical (unpaired) electrons. The fraction of sp³-hybridized carbons (Fsp3) is 0.750. The van der Waals surface area contributed by atoms with E-state index in [9.17, 15) is 4.79 Å². The number of carbonyl (C=O) groups excluding carboxylic acids is 1. The SMILES string of the molecule is Cn1cncc1C(=O)NC1CCN(CC2CCCOC2)CC1. The molecule has 1 amide bonds. The Balaban J connectivity index is 1.41. The topological polar surface area (TPSA) is 59.4 Å². The lowest BCUT2D eigenvalue weighted by Crippen LogP contribution is -2.46. The third kappa shape index (κ3) is 3.87. The third-order valence-electron chi connectivity index (χ3n) is 4.74. The van der Waals surface area contributed by atoms with E-state index in [1.165, 1.54) is 12.8 Å². The number of piperidine rings is 1. The fourth-order valence-electron chi connectivity index (χ4n) is 3.41. The van der Waals surface area contributed by atoms with Crippen LogP contribution in [0.5, 0.6) is 0 Å². The highest BCUT2D eigenvalue weighted by Gasteiger charge is 2.24. The monoisotopic (exact) mass is 306 g/mol. The Labute approximate surface area is 131 Å². The van der Waals surface area contributed by atoms with Crippen molar-refractivity contribution in [1.82, 2.24) is 19.8 Å². The first-order valence-electron chi connectivity index (χ1n) is 8.29. The summed E-state index contributed by atoms with van der Waals surface area (Å²) in [5.74, 6) is 0.675. The van der Waals surface area contributed by atoms with Crippen molar-refractivity contribution in [3.63, 3.8) is 0 Å². The van der Waals surface area contributed by atoms with Gasteiger partial charge in [-0.3, -0.25) is 4.79 Å². The molecule has 0 spiro atoms. The Morgan fingerprint density at radius 3 is 2.86 bits per heavy atom. The van der Waals surface area contributed by atoms with Crippen LogP contribution in [-0.2, 0) is 11.8 Å². The normalized spacial score (nSPS) is 24.3. The van der Waals surface area contributed by atoms with Crippen LogP contribution in [0.4, 0.5) is 0 Å². The molecule has 1 N–H and O–H groups in total. The second-order valence-electron chi connectivity index (χ2n) is 6.52. The second-order valence-corrected chi connectivity index (χ2v) is 6.52. The fourth-order valence-corrected chi connectivity index (χ4v) is 3.41. The Morgan fingerprint density at radius 2 is 2.23 bits per heavy atom. The zero-order valence-electron chi connectivity index (χ0n) is 13.3. The molecular weight excluding hydrogens is 280 g/mol. The molecule has 1 aromatic rings. The number of nitrogens with one attached hydrogen (secondary N) is 1. The molecule has 0 bridgehead atoms. The minimum absolute atomic E-state index is 0.0147. The Morgan fingerprint density at radius 1 is 1.41 bits per heavy atom. The quantitative estimate of drug-likeness (QED) is 0.903. The number of likely N-dealkylation sites (tertiary alicyclic amines) is 1. The van der Waals surface area contributed by atoms with E-state index < -0.39 is 0 Å². The molecule has 6 heteroatoms. The zero-order chi connectivity index (χ0) is 15.4. The van der Waals surface area contributed by atoms with E-state index in [0.717, 1.165) is 45.7 Å². The van der Waals surface area contributed by atoms with Crippen molar-refractivity contribution >= 4 is 5.91 Å². The summed E-state index contributed by atoms with van der Waals surface area (Å²) < 4.78 is 7.32. The van der Waals surface area contributed by atoms with Crippen molar-refractivity contribution in [2.45, 2.75) is 31.7 Å². The molecule has 2 saturated heterocycles. The largest absolute Gasteiger partial charge is 0.381 e. The summed E-state index contributed by atoms with van der Waals surface area (Å²) in [5.41, 5.74) is 0.627. The molecule has 22 heavy (non-hydrogen) atoms. The zero-order valence-corrected chi connectivity index (χ0v) is 13.3. The van der Waals surface area contributed by atoms with E-state index in [2.05, 4.69) is 15.2 Å². The van der Waals surface area contributed by atoms with Gasteiger partial charge < -0.3 is 19.5 Å². The van der Waals surface area contributed by atoms with Crippen LogP contribution >= 0.6 is 0 Å². The van der Waals surface area contributed by atoms with Gasteiger partial charge in [-0.15, -0.1) is 0 Å². The molecule has 122 valence electrons. The maximum absolute atomic E-state index is 12.2. The van der Waals surface area contributed by atoms with Gasteiger partial charge in [0.25, 0.3) is 5.91 Å². The minimum Gasteiger partial charge on any atom is -0.381 e. The molecule has 2 aliphatic rings. The maximum atomic E-state index is 12.2. The van der Waals surface area contributed by atoms with Gasteiger partial charge in [-0.25, -0.2) is 4.98 Å². The summed E-state index contributed by atoms with van der Waals surface area (Å²) >= 11 is 0. The number of nitrogens with zero attached hydrogens (tertiary/aromatic N) is 3. The van der Waals surface area contributed by atoms with E-state index in [1.807, 2.05) is 7.05 Å². The molecule has 6 nitrogen and oxygen atoms in total. The van der Waals surface area contributed by atoms with Crippen LogP contribution in [-0.4, -0.2) is 59.2 Å². The molecule has 0 saturated carbocycles. The smallest absolute Gasteiger partial charge is 0.269 e. The minimum atomic E-state index is -0.0147. The van der Waals surface area contributed by atoms with Gasteiger partial charge in [0, 0.05) is 39.3 Å². The first kappa shape index (κ1) is 15.5. The highest BCUT2D eigenvalue weighted by atomic mass is 16.5. The van der Waals surface area contributed by atoms with Gasteiger partial charge in [0.15, 0.2) is 0 Å². The standard InChI is InChI=1S/C16H26N4O2/c1-19-12-17-9-15(19)16(21)18-14-4-6-20(7-5-14)10-13-3-2-8-22-11-13/h9,12-14H,2-8,10-11H2,1H3,(H,18,21). The van der Waals surface area contributed by atoms with Gasteiger partial charge in [-0.2, -0.15) is 0 Å². The summed E-state index contributed by atoms with van der Waals surface area (Å²) in [6.07, 6.45) is 7.81. The van der Waals surface area contributed by atoms with Gasteiger partial charge in [0.1, 0.15) is 5.69 Å². The average Bonchev–Trinajstić information content (AvgIpc) is 2.96. The van der Waals surface area contributed by atoms with Crippen molar-refractivity contribution in [2.24, 2.45) is 13.0 Å². The molecule has 3 heterocycles. The number of hydrogen-bond donors (Lipinski definition) is 1. The molecule has 2 aliphatic heterocycles. The molecule has 0 aromatic carbocycles. The van der Waals surface area contributed by atoms with E-state index in [-0.39, 0.29) is 11.9 Å². The Hall–Kier alpha value is -1.40. The third-order valence-corrected chi connectivity index (χ3v) is 4.74. The number of aryl methyl sites for hydroxylation is 1. The molecule has 1 aromatic heterocycles. The number of aromatic nitrogens is 2. The van der Waals surface area contributed by atoms with Crippen LogP contribution < -0.4 is 5.32 Å². The van der Waals surface area contributed by atoms with E-state index in [4.69, 9.17) is 4.74 Å². The van der Waals surface area contributed by atoms with Gasteiger partial charge in [0.2, 0.25) is 0 Å². The van der Waals surface area contributed by atoms with Gasteiger partial charge in [0.05, 0.1) is 19.1 Å². The predicted molar refractivity (Wildman–Crippen MR) is 83.7 cm³/mol. The molecule has 1 unspecified atom stereocenters. The summed E-state index contributed by atoms with van der Waals surface area (Å²) in [5, 5.41) is 3.14. The summed E-state index contributed by atoms with van der Waals surface area (Å²) in [7, 11) is 1.84. The van der Waals surface area contributed by atoms with E-state index in [0.29, 0.717) is 11.6 Å². The van der Waals surface area contributed by atoms with Crippen LogP contribution in [0, 0.1) is 5.92 Å². The molecule has 1 atom stereocenters. The van der Waals surface area contributed by atoms with Crippen molar-refractivity contribution < 1.29 is 9.53 Å². The number of hydrogen-bond acceptors (Lipinski definition) is 4. The summed E-state index contributed by atoms with van der Waals surface area (Å²) in [6.45, 7) is 5.11. The van der Waals surface area contributed by atoms with Crippen LogP contribution in [0.1, 0.15) is 36.2 Å². The van der Waals surface area contributed by atoms with Crippen LogP contribution in [0.15, 0.2) is 12.5 Å². The van der Waals surface area contributed by atoms with Crippen molar-refractivity contribution in [1.29, 1.82) is 0 Å². The number of carbonyl (C=O) groups is 1. The van der Waals surface area contributed by atoms with Gasteiger partial charge >= 0.3 is 0 Å². The lowest BCUT2D eigenvalue weighted by molar-refractivity contribution is 0.0339. The van der Waals surface area contributed by atoms with E-state index in [1.54, 1.807) is 17.1 Å². The lowest BCUT2D eigenvalue weighted by Gasteiger charge is -2.35. The van der Waals surface area contributed by atoms with Gasteiger partial charge in [-0.1, -0.05) is 0 Å². The number of amides is 1. The van der Waals surface area contributed by atoms with Crippen molar-refractivity contribution in [3.05, 3.63) is 18.2 Å². The predicted octanol–water partition coefficient (Wildman–Crippen LogP) is 1.04. The van der Waals surface area contributed by atoms with Crippen LogP contribution in [0.25, 0.3) is 0 Å².